The van der Waals surface area contributed by atoms with Gasteiger partial charge in [0.25, 0.3) is 0 Å². The minimum Gasteiger partial charge on any atom is -0.465 e. The molecular weight excluding hydrogens is 558 g/mol. The maximum atomic E-state index is 12.2. The first kappa shape index (κ1) is 32.9. The standard InChI is InChI=1S/C35H43N3O6/c1-5-19-38(4)22-31-24(3)33(27-13-11-25(23-39)12-14-27)44-34(43-31)28-17-15-26(16-18-28)30-10-8-7-9-29(30)20-36-35(41)37-21-32(40)42-6-2/h5,7-18,24,31,33-34,39H,1,6,19-23H2,2-4H3,(H2,36,37,41)/t24-,31+,33+,34+/m1/s1. The first-order valence-corrected chi connectivity index (χ1v) is 15.0. The van der Waals surface area contributed by atoms with E-state index in [1.165, 1.54) is 0 Å². The van der Waals surface area contributed by atoms with Gasteiger partial charge in [-0.05, 0) is 41.8 Å². The van der Waals surface area contributed by atoms with E-state index in [0.29, 0.717) is 0 Å². The van der Waals surface area contributed by atoms with Crippen molar-refractivity contribution >= 4 is 12.0 Å². The summed E-state index contributed by atoms with van der Waals surface area (Å²) in [5.74, 6) is -0.392. The summed E-state index contributed by atoms with van der Waals surface area (Å²) in [6, 6.07) is 23.4. The molecule has 0 aliphatic carbocycles. The Labute approximate surface area is 259 Å². The highest BCUT2D eigenvalue weighted by molar-refractivity contribution is 5.81. The quantitative estimate of drug-likeness (QED) is 0.184. The second-order valence-corrected chi connectivity index (χ2v) is 11.0. The van der Waals surface area contributed by atoms with Crippen LogP contribution in [0.1, 0.15) is 48.5 Å². The van der Waals surface area contributed by atoms with Gasteiger partial charge in [-0.15, -0.1) is 6.58 Å². The Kier molecular flexibility index (Phi) is 12.1. The first-order chi connectivity index (χ1) is 21.3. The molecule has 9 nitrogen and oxygen atoms in total. The van der Waals surface area contributed by atoms with Gasteiger partial charge in [0.05, 0.1) is 25.4 Å². The summed E-state index contributed by atoms with van der Waals surface area (Å²) in [5.41, 5.74) is 5.71. The molecule has 4 atom stereocenters. The maximum absolute atomic E-state index is 12.2. The van der Waals surface area contributed by atoms with E-state index in [1.54, 1.807) is 6.92 Å². The highest BCUT2D eigenvalue weighted by atomic mass is 16.7. The lowest BCUT2D eigenvalue weighted by molar-refractivity contribution is -0.275. The van der Waals surface area contributed by atoms with Crippen LogP contribution in [0.2, 0.25) is 0 Å². The molecular formula is C35H43N3O6. The van der Waals surface area contributed by atoms with Crippen molar-refractivity contribution in [1.82, 2.24) is 15.5 Å². The van der Waals surface area contributed by atoms with E-state index in [9.17, 15) is 14.7 Å². The Morgan fingerprint density at radius 3 is 2.39 bits per heavy atom. The van der Waals surface area contributed by atoms with Gasteiger partial charge in [0, 0.05) is 31.1 Å². The van der Waals surface area contributed by atoms with Crippen molar-refractivity contribution in [1.29, 1.82) is 0 Å². The molecule has 1 aliphatic rings. The minimum absolute atomic E-state index is 0.00368. The number of carbonyl (C=O) groups is 2. The summed E-state index contributed by atoms with van der Waals surface area (Å²) in [4.78, 5) is 25.9. The number of hydrogen-bond donors (Lipinski definition) is 3. The number of ether oxygens (including phenoxy) is 3. The number of hydrogen-bond acceptors (Lipinski definition) is 7. The zero-order chi connectivity index (χ0) is 31.5. The van der Waals surface area contributed by atoms with E-state index >= 15 is 0 Å². The van der Waals surface area contributed by atoms with Crippen LogP contribution in [0.25, 0.3) is 11.1 Å². The third kappa shape index (κ3) is 8.76. The molecule has 0 saturated carbocycles. The average molecular weight is 602 g/mol. The van der Waals surface area contributed by atoms with Crippen molar-refractivity contribution in [3.8, 4) is 11.1 Å². The highest BCUT2D eigenvalue weighted by Crippen LogP contribution is 2.42. The van der Waals surface area contributed by atoms with E-state index in [4.69, 9.17) is 14.2 Å². The Hall–Kier alpha value is -4.02. The summed E-state index contributed by atoms with van der Waals surface area (Å²) in [6.07, 6.45) is 1.05. The first-order valence-electron chi connectivity index (χ1n) is 15.0. The number of urea groups is 1. The molecule has 3 aromatic carbocycles. The largest absolute Gasteiger partial charge is 0.465 e. The summed E-state index contributed by atoms with van der Waals surface area (Å²) in [6.45, 7) is 9.57. The molecule has 3 aromatic rings. The molecule has 44 heavy (non-hydrogen) atoms. The van der Waals surface area contributed by atoms with Crippen molar-refractivity contribution in [2.24, 2.45) is 5.92 Å². The monoisotopic (exact) mass is 601 g/mol. The Bertz CT molecular complexity index is 1380. The third-order valence-corrected chi connectivity index (χ3v) is 7.71. The second kappa shape index (κ2) is 16.2. The van der Waals surface area contributed by atoms with Crippen LogP contribution in [0.5, 0.6) is 0 Å². The van der Waals surface area contributed by atoms with Gasteiger partial charge in [0.15, 0.2) is 6.29 Å². The van der Waals surface area contributed by atoms with E-state index in [2.05, 4.69) is 36.1 Å². The fourth-order valence-electron chi connectivity index (χ4n) is 5.31. The molecule has 0 spiro atoms. The molecule has 0 radical (unpaired) electrons. The second-order valence-electron chi connectivity index (χ2n) is 11.0. The lowest BCUT2D eigenvalue weighted by Crippen LogP contribution is -2.43. The molecule has 3 N–H and O–H groups in total. The lowest BCUT2D eigenvalue weighted by Gasteiger charge is -2.42. The summed E-state index contributed by atoms with van der Waals surface area (Å²) in [5, 5.41) is 14.8. The molecule has 2 amide bonds. The number of aliphatic hydroxyl groups excluding tert-OH is 1. The van der Waals surface area contributed by atoms with Crippen molar-refractivity contribution in [2.45, 2.75) is 45.5 Å². The van der Waals surface area contributed by atoms with Crippen molar-refractivity contribution < 1.29 is 28.9 Å². The van der Waals surface area contributed by atoms with Crippen LogP contribution < -0.4 is 10.6 Å². The summed E-state index contributed by atoms with van der Waals surface area (Å²) in [7, 11) is 2.05. The number of rotatable bonds is 13. The summed E-state index contributed by atoms with van der Waals surface area (Å²) >= 11 is 0. The number of amides is 2. The fraction of sp³-hybridized carbons (Fsp3) is 0.371. The van der Waals surface area contributed by atoms with Crippen molar-refractivity contribution in [2.75, 3.05) is 33.3 Å². The average Bonchev–Trinajstić information content (AvgIpc) is 3.04. The number of esters is 1. The van der Waals surface area contributed by atoms with Gasteiger partial charge in [-0.2, -0.15) is 0 Å². The Morgan fingerprint density at radius 2 is 1.70 bits per heavy atom. The number of benzene rings is 3. The number of nitrogens with one attached hydrogen (secondary N) is 2. The van der Waals surface area contributed by atoms with E-state index in [1.807, 2.05) is 78.9 Å². The predicted octanol–water partition coefficient (Wildman–Crippen LogP) is 5.12. The molecule has 0 aromatic heterocycles. The molecule has 0 unspecified atom stereocenters. The van der Waals surface area contributed by atoms with Crippen LogP contribution in [-0.4, -0.2) is 61.4 Å². The normalized spacial score (nSPS) is 19.8. The van der Waals surface area contributed by atoms with Gasteiger partial charge in [-0.1, -0.05) is 85.8 Å². The summed E-state index contributed by atoms with van der Waals surface area (Å²) < 4.78 is 18.0. The molecule has 9 heteroatoms. The van der Waals surface area contributed by atoms with Crippen LogP contribution in [0.3, 0.4) is 0 Å². The number of nitrogens with zero attached hydrogens (tertiary/aromatic N) is 1. The minimum atomic E-state index is -0.565. The van der Waals surface area contributed by atoms with Gasteiger partial charge in [-0.3, -0.25) is 4.79 Å². The van der Waals surface area contributed by atoms with Crippen LogP contribution in [0, 0.1) is 5.92 Å². The predicted molar refractivity (Wildman–Crippen MR) is 169 cm³/mol. The molecule has 0 bridgehead atoms. The maximum Gasteiger partial charge on any atom is 0.325 e. The van der Waals surface area contributed by atoms with Crippen LogP contribution >= 0.6 is 0 Å². The molecule has 1 heterocycles. The van der Waals surface area contributed by atoms with Gasteiger partial charge >= 0.3 is 12.0 Å². The van der Waals surface area contributed by atoms with Crippen molar-refractivity contribution in [3.63, 3.8) is 0 Å². The Morgan fingerprint density at radius 1 is 1.00 bits per heavy atom. The van der Waals surface area contributed by atoms with Crippen LogP contribution in [-0.2, 0) is 32.2 Å². The topological polar surface area (TPSA) is 109 Å². The van der Waals surface area contributed by atoms with E-state index < -0.39 is 18.3 Å². The molecule has 1 aliphatic heterocycles. The van der Waals surface area contributed by atoms with Gasteiger partial charge < -0.3 is 34.9 Å². The van der Waals surface area contributed by atoms with Crippen LogP contribution in [0.4, 0.5) is 4.79 Å². The smallest absolute Gasteiger partial charge is 0.325 e. The van der Waals surface area contributed by atoms with Gasteiger partial charge in [0.1, 0.15) is 6.54 Å². The van der Waals surface area contributed by atoms with Crippen molar-refractivity contribution in [3.05, 3.63) is 108 Å². The van der Waals surface area contributed by atoms with E-state index in [-0.39, 0.29) is 44.4 Å². The fourth-order valence-corrected chi connectivity index (χ4v) is 5.31. The molecule has 1 fully saturated rings. The molecule has 1 saturated heterocycles. The zero-order valence-corrected chi connectivity index (χ0v) is 25.7. The van der Waals surface area contributed by atoms with Gasteiger partial charge in [-0.25, -0.2) is 4.79 Å². The molecule has 4 rings (SSSR count). The zero-order valence-electron chi connectivity index (χ0n) is 25.7. The van der Waals surface area contributed by atoms with Crippen LogP contribution in [0.15, 0.2) is 85.5 Å². The lowest BCUT2D eigenvalue weighted by atomic mass is 9.90. The number of carbonyl (C=O) groups excluding carboxylic acids is 2. The van der Waals surface area contributed by atoms with Gasteiger partial charge in [0.2, 0.25) is 0 Å². The SMILES string of the molecule is C=CCN(C)C[C@@H]1O[C@H](c2ccc(-c3ccccc3CNC(=O)NCC(=O)OCC)cc2)O[C@H](c2ccc(CO)cc2)[C@@H]1C. The van der Waals surface area contributed by atoms with E-state index in [0.717, 1.165) is 46.5 Å². The third-order valence-electron chi connectivity index (χ3n) is 7.71. The Balaban J connectivity index is 1.50. The number of likely N-dealkylation sites (N-methyl/N-ethyl adjacent to an activating group) is 1. The number of aliphatic hydroxyl groups is 1. The highest BCUT2D eigenvalue weighted by Gasteiger charge is 2.38. The molecule has 234 valence electrons.